The van der Waals surface area contributed by atoms with Crippen LogP contribution in [0, 0.1) is 0 Å². The molecule has 160 valence electrons. The summed E-state index contributed by atoms with van der Waals surface area (Å²) in [5.74, 6) is -4.82. The van der Waals surface area contributed by atoms with Crippen LogP contribution >= 0.6 is 0 Å². The van der Waals surface area contributed by atoms with Crippen LogP contribution in [-0.2, 0) is 27.7 Å². The zero-order valence-corrected chi connectivity index (χ0v) is 17.5. The van der Waals surface area contributed by atoms with E-state index >= 15 is 8.78 Å². The number of nitrogens with one attached hydrogen (secondary N) is 1. The minimum atomic E-state index is -3.58. The fourth-order valence-corrected chi connectivity index (χ4v) is 5.39. The van der Waals surface area contributed by atoms with Gasteiger partial charge >= 0.3 is 5.92 Å². The predicted molar refractivity (Wildman–Crippen MR) is 111 cm³/mol. The van der Waals surface area contributed by atoms with Crippen LogP contribution in [0.1, 0.15) is 24.0 Å². The molecular weight excluding hydrogens is 410 g/mol. The third-order valence-corrected chi connectivity index (χ3v) is 6.56. The average molecular weight is 435 g/mol. The SMILES string of the molecule is CS(=O)(=O)NC1CCCN2C(=O)C(F)(F)Cc3ccccc3-c3cccc(c3)CC12. The Bertz CT molecular complexity index is 1070. The molecule has 0 aliphatic carbocycles. The maximum atomic E-state index is 15.2. The molecule has 1 amide bonds. The van der Waals surface area contributed by atoms with Gasteiger partial charge in [-0.3, -0.25) is 4.79 Å². The Morgan fingerprint density at radius 2 is 1.90 bits per heavy atom. The van der Waals surface area contributed by atoms with Gasteiger partial charge in [0.1, 0.15) is 0 Å². The van der Waals surface area contributed by atoms with Gasteiger partial charge in [0.05, 0.1) is 12.3 Å². The molecule has 0 aromatic heterocycles. The van der Waals surface area contributed by atoms with E-state index in [1.165, 1.54) is 4.90 Å². The van der Waals surface area contributed by atoms with E-state index < -0.39 is 40.4 Å². The summed E-state index contributed by atoms with van der Waals surface area (Å²) in [6, 6.07) is 13.2. The number of rotatable bonds is 2. The minimum Gasteiger partial charge on any atom is -0.333 e. The van der Waals surface area contributed by atoms with Crippen molar-refractivity contribution in [1.29, 1.82) is 0 Å². The zero-order chi connectivity index (χ0) is 21.5. The summed E-state index contributed by atoms with van der Waals surface area (Å²) in [4.78, 5) is 14.2. The first-order chi connectivity index (χ1) is 14.1. The van der Waals surface area contributed by atoms with Crippen molar-refractivity contribution in [1.82, 2.24) is 9.62 Å². The Morgan fingerprint density at radius 1 is 1.13 bits per heavy atom. The van der Waals surface area contributed by atoms with Crippen LogP contribution in [-0.4, -0.2) is 50.0 Å². The summed E-state index contributed by atoms with van der Waals surface area (Å²) in [6.07, 6.45) is 1.60. The van der Waals surface area contributed by atoms with Crippen molar-refractivity contribution in [3.63, 3.8) is 0 Å². The number of benzene rings is 2. The maximum Gasteiger partial charge on any atom is 0.328 e. The second kappa shape index (κ2) is 7.74. The fourth-order valence-electron chi connectivity index (χ4n) is 4.56. The van der Waals surface area contributed by atoms with E-state index in [2.05, 4.69) is 4.72 Å². The van der Waals surface area contributed by atoms with Crippen molar-refractivity contribution in [2.24, 2.45) is 0 Å². The third kappa shape index (κ3) is 4.25. The van der Waals surface area contributed by atoms with Crippen LogP contribution in [0.15, 0.2) is 48.5 Å². The van der Waals surface area contributed by atoms with Gasteiger partial charge in [-0.15, -0.1) is 0 Å². The summed E-state index contributed by atoms with van der Waals surface area (Å²) < 4.78 is 56.6. The van der Waals surface area contributed by atoms with Crippen molar-refractivity contribution in [2.45, 2.75) is 43.7 Å². The lowest BCUT2D eigenvalue weighted by Crippen LogP contribution is -2.60. The first-order valence-electron chi connectivity index (χ1n) is 9.97. The van der Waals surface area contributed by atoms with Gasteiger partial charge in [-0.05, 0) is 41.5 Å². The van der Waals surface area contributed by atoms with Crippen LogP contribution in [0.3, 0.4) is 0 Å². The molecule has 0 saturated carbocycles. The summed E-state index contributed by atoms with van der Waals surface area (Å²) in [5.41, 5.74) is 2.77. The largest absolute Gasteiger partial charge is 0.333 e. The second-order valence-electron chi connectivity index (χ2n) is 8.15. The highest BCUT2D eigenvalue weighted by molar-refractivity contribution is 7.88. The number of amides is 1. The van der Waals surface area contributed by atoms with Crippen LogP contribution in [0.4, 0.5) is 8.78 Å². The summed E-state index contributed by atoms with van der Waals surface area (Å²) >= 11 is 0. The average Bonchev–Trinajstić information content (AvgIpc) is 2.68. The van der Waals surface area contributed by atoms with Gasteiger partial charge in [-0.25, -0.2) is 13.1 Å². The van der Waals surface area contributed by atoms with E-state index in [0.29, 0.717) is 30.4 Å². The second-order valence-corrected chi connectivity index (χ2v) is 9.93. The third-order valence-electron chi connectivity index (χ3n) is 5.83. The van der Waals surface area contributed by atoms with Gasteiger partial charge in [0, 0.05) is 19.0 Å². The molecule has 2 unspecified atom stereocenters. The molecule has 2 atom stereocenters. The van der Waals surface area contributed by atoms with Crippen LogP contribution < -0.4 is 4.72 Å². The van der Waals surface area contributed by atoms with Crippen molar-refractivity contribution in [2.75, 3.05) is 12.8 Å². The molecule has 1 fully saturated rings. The number of sulfonamides is 1. The molecule has 30 heavy (non-hydrogen) atoms. The molecule has 2 aliphatic rings. The summed E-state index contributed by atoms with van der Waals surface area (Å²) in [6.45, 7) is 0.183. The van der Waals surface area contributed by atoms with Gasteiger partial charge in [0.15, 0.2) is 0 Å². The Balaban J connectivity index is 1.84. The highest BCUT2D eigenvalue weighted by Crippen LogP contribution is 2.34. The lowest BCUT2D eigenvalue weighted by molar-refractivity contribution is -0.161. The number of hydrogen-bond donors (Lipinski definition) is 1. The lowest BCUT2D eigenvalue weighted by Gasteiger charge is -2.42. The number of nitrogens with zero attached hydrogens (tertiary/aromatic N) is 1. The molecule has 2 aromatic carbocycles. The number of halogens is 2. The van der Waals surface area contributed by atoms with Crippen LogP contribution in [0.2, 0.25) is 0 Å². The molecule has 8 heteroatoms. The minimum absolute atomic E-state index is 0.183. The van der Waals surface area contributed by atoms with E-state index in [0.717, 1.165) is 17.4 Å². The Kier molecular flexibility index (Phi) is 5.40. The van der Waals surface area contributed by atoms with Crippen molar-refractivity contribution in [3.05, 3.63) is 59.7 Å². The van der Waals surface area contributed by atoms with Gasteiger partial charge < -0.3 is 4.90 Å². The topological polar surface area (TPSA) is 66.5 Å². The fraction of sp³-hybridized carbons (Fsp3) is 0.409. The van der Waals surface area contributed by atoms with Crippen LogP contribution in [0.25, 0.3) is 11.1 Å². The number of piperidine rings is 1. The van der Waals surface area contributed by atoms with Gasteiger partial charge in [0.2, 0.25) is 10.0 Å². The van der Waals surface area contributed by atoms with E-state index in [9.17, 15) is 13.2 Å². The Labute approximate surface area is 175 Å². The lowest BCUT2D eigenvalue weighted by atomic mass is 9.90. The first-order valence-corrected chi connectivity index (χ1v) is 11.9. The number of fused-ring (bicyclic) bond motifs is 5. The highest BCUT2D eigenvalue weighted by atomic mass is 32.2. The van der Waals surface area contributed by atoms with Crippen molar-refractivity contribution >= 4 is 15.9 Å². The molecule has 0 radical (unpaired) electrons. The molecule has 2 aromatic rings. The highest BCUT2D eigenvalue weighted by Gasteiger charge is 2.47. The van der Waals surface area contributed by atoms with Gasteiger partial charge in [-0.1, -0.05) is 48.5 Å². The quantitative estimate of drug-likeness (QED) is 0.790. The standard InChI is InChI=1S/C22H24F2N2O3S/c1-30(28,29)25-19-10-5-11-26-20(19)13-15-6-4-8-16(12-15)18-9-3-2-7-17(18)14-22(23,24)21(26)27/h2-4,6-9,12,19-20,25H,5,10-11,13-14H2,1H3. The molecule has 0 spiro atoms. The molecule has 1 N–H and O–H groups in total. The van der Waals surface area contributed by atoms with Gasteiger partial charge in [-0.2, -0.15) is 8.78 Å². The predicted octanol–water partition coefficient (Wildman–Crippen LogP) is 3.00. The normalized spacial score (nSPS) is 23.8. The van der Waals surface area contributed by atoms with E-state index in [4.69, 9.17) is 0 Å². The molecule has 1 saturated heterocycles. The molecule has 2 aliphatic heterocycles. The smallest absolute Gasteiger partial charge is 0.328 e. The number of hydrogen-bond acceptors (Lipinski definition) is 3. The molecule has 4 rings (SSSR count). The van der Waals surface area contributed by atoms with Gasteiger partial charge in [0.25, 0.3) is 5.91 Å². The van der Waals surface area contributed by atoms with Crippen LogP contribution in [0.5, 0.6) is 0 Å². The van der Waals surface area contributed by atoms with E-state index in [1.54, 1.807) is 24.3 Å². The Morgan fingerprint density at radius 3 is 2.67 bits per heavy atom. The first kappa shape index (κ1) is 20.9. The van der Waals surface area contributed by atoms with E-state index in [-0.39, 0.29) is 6.54 Å². The molecule has 5 nitrogen and oxygen atoms in total. The number of carbonyl (C=O) groups excluding carboxylic acids is 1. The van der Waals surface area contributed by atoms with E-state index in [1.807, 2.05) is 24.3 Å². The number of carbonyl (C=O) groups is 1. The monoisotopic (exact) mass is 434 g/mol. The number of alkyl halides is 2. The molecule has 2 bridgehead atoms. The molecular formula is C22H24F2N2O3S. The van der Waals surface area contributed by atoms with Crippen molar-refractivity contribution < 1.29 is 22.0 Å². The summed E-state index contributed by atoms with van der Waals surface area (Å²) in [7, 11) is -3.55. The maximum absolute atomic E-state index is 15.2. The van der Waals surface area contributed by atoms with Crippen molar-refractivity contribution in [3.8, 4) is 11.1 Å². The Hall–Kier alpha value is -2.32. The zero-order valence-electron chi connectivity index (χ0n) is 16.6. The molecule has 2 heterocycles. The summed E-state index contributed by atoms with van der Waals surface area (Å²) in [5, 5.41) is 0.